The molecule has 2 aromatic heterocycles. The fourth-order valence-electron chi connectivity index (χ4n) is 4.55. The standard InChI is InChI=1S/C22H26N4/c1-3-26-12-17-7-15(8-19(20(17)13-26)21-5-4-6-23-21)16-9-18-14(2)10-24-22(18)25-11-16/h7-11,21,23H,3-6,12-13H2,1-2H3,(H,24,25)/t21-/m0/s1. The number of hydrogen-bond donors (Lipinski definition) is 2. The van der Waals surface area contributed by atoms with Crippen LogP contribution < -0.4 is 5.32 Å². The van der Waals surface area contributed by atoms with E-state index in [0.717, 1.165) is 31.8 Å². The molecule has 4 nitrogen and oxygen atoms in total. The minimum atomic E-state index is 0.506. The van der Waals surface area contributed by atoms with Gasteiger partial charge in [-0.15, -0.1) is 0 Å². The van der Waals surface area contributed by atoms with Crippen molar-refractivity contribution in [1.29, 1.82) is 0 Å². The summed E-state index contributed by atoms with van der Waals surface area (Å²) in [7, 11) is 0. The highest BCUT2D eigenvalue weighted by Crippen LogP contribution is 2.37. The van der Waals surface area contributed by atoms with Crippen molar-refractivity contribution in [3.8, 4) is 11.1 Å². The Morgan fingerprint density at radius 2 is 2.12 bits per heavy atom. The summed E-state index contributed by atoms with van der Waals surface area (Å²) in [5.41, 5.74) is 9.32. The molecule has 134 valence electrons. The van der Waals surface area contributed by atoms with Gasteiger partial charge in [0.1, 0.15) is 5.65 Å². The third kappa shape index (κ3) is 2.56. The van der Waals surface area contributed by atoms with Crippen molar-refractivity contribution in [2.24, 2.45) is 0 Å². The number of aromatic nitrogens is 2. The molecule has 0 unspecified atom stereocenters. The fraction of sp³-hybridized carbons (Fsp3) is 0.409. The second kappa shape index (κ2) is 6.22. The predicted molar refractivity (Wildman–Crippen MR) is 106 cm³/mol. The average Bonchev–Trinajstić information content (AvgIpc) is 3.40. The molecule has 3 aromatic rings. The molecule has 2 aliphatic rings. The van der Waals surface area contributed by atoms with Crippen LogP contribution in [0.3, 0.4) is 0 Å². The predicted octanol–water partition coefficient (Wildman–Crippen LogP) is 4.30. The van der Waals surface area contributed by atoms with Crippen LogP contribution in [0.5, 0.6) is 0 Å². The first kappa shape index (κ1) is 16.0. The van der Waals surface area contributed by atoms with Crippen LogP contribution in [0.4, 0.5) is 0 Å². The van der Waals surface area contributed by atoms with Crippen molar-refractivity contribution in [1.82, 2.24) is 20.2 Å². The molecule has 0 aliphatic carbocycles. The molecule has 0 saturated carbocycles. The molecular weight excluding hydrogens is 320 g/mol. The summed E-state index contributed by atoms with van der Waals surface area (Å²) in [5, 5.41) is 4.93. The molecule has 1 aromatic carbocycles. The number of benzene rings is 1. The quantitative estimate of drug-likeness (QED) is 0.743. The van der Waals surface area contributed by atoms with Gasteiger partial charge in [-0.3, -0.25) is 4.90 Å². The van der Waals surface area contributed by atoms with Crippen molar-refractivity contribution in [2.45, 2.75) is 45.8 Å². The van der Waals surface area contributed by atoms with Crippen LogP contribution in [0.2, 0.25) is 0 Å². The third-order valence-electron chi connectivity index (χ3n) is 6.11. The van der Waals surface area contributed by atoms with Gasteiger partial charge in [0.25, 0.3) is 0 Å². The number of nitrogens with zero attached hydrogens (tertiary/aromatic N) is 2. The fourth-order valence-corrected chi connectivity index (χ4v) is 4.55. The first-order valence-electron chi connectivity index (χ1n) is 9.78. The number of hydrogen-bond acceptors (Lipinski definition) is 3. The lowest BCUT2D eigenvalue weighted by molar-refractivity contribution is 0.300. The number of rotatable bonds is 3. The van der Waals surface area contributed by atoms with E-state index in [1.165, 1.54) is 46.0 Å². The highest BCUT2D eigenvalue weighted by molar-refractivity contribution is 5.84. The molecule has 4 heterocycles. The van der Waals surface area contributed by atoms with Crippen LogP contribution in [0.1, 0.15) is 48.1 Å². The van der Waals surface area contributed by atoms with Gasteiger partial charge < -0.3 is 10.3 Å². The van der Waals surface area contributed by atoms with Crippen molar-refractivity contribution in [3.63, 3.8) is 0 Å². The molecule has 2 N–H and O–H groups in total. The molecule has 1 saturated heterocycles. The number of aromatic amines is 1. The molecule has 0 spiro atoms. The summed E-state index contributed by atoms with van der Waals surface area (Å²) < 4.78 is 0. The van der Waals surface area contributed by atoms with Gasteiger partial charge in [-0.25, -0.2) is 4.98 Å². The van der Waals surface area contributed by atoms with E-state index in [1.54, 1.807) is 5.56 Å². The number of aryl methyl sites for hydroxylation is 1. The average molecular weight is 346 g/mol. The van der Waals surface area contributed by atoms with Crippen molar-refractivity contribution in [3.05, 3.63) is 52.8 Å². The highest BCUT2D eigenvalue weighted by atomic mass is 15.1. The van der Waals surface area contributed by atoms with E-state index in [9.17, 15) is 0 Å². The Balaban J connectivity index is 1.64. The summed E-state index contributed by atoms with van der Waals surface area (Å²) in [6, 6.07) is 7.61. The van der Waals surface area contributed by atoms with Gasteiger partial charge in [0.05, 0.1) is 0 Å². The number of H-pyrrole nitrogens is 1. The smallest absolute Gasteiger partial charge is 0.137 e. The second-order valence-corrected chi connectivity index (χ2v) is 7.75. The van der Waals surface area contributed by atoms with Crippen molar-refractivity contribution in [2.75, 3.05) is 13.1 Å². The summed E-state index contributed by atoms with van der Waals surface area (Å²) in [6.45, 7) is 8.80. The van der Waals surface area contributed by atoms with Crippen LogP contribution in [-0.2, 0) is 13.1 Å². The zero-order valence-electron chi connectivity index (χ0n) is 15.6. The van der Waals surface area contributed by atoms with E-state index in [2.05, 4.69) is 52.2 Å². The van der Waals surface area contributed by atoms with Gasteiger partial charge in [-0.1, -0.05) is 6.92 Å². The van der Waals surface area contributed by atoms with Gasteiger partial charge in [-0.2, -0.15) is 0 Å². The van der Waals surface area contributed by atoms with Crippen LogP contribution in [0.25, 0.3) is 22.2 Å². The van der Waals surface area contributed by atoms with Crippen molar-refractivity contribution >= 4 is 11.0 Å². The normalized spacial score (nSPS) is 20.2. The molecule has 26 heavy (non-hydrogen) atoms. The Morgan fingerprint density at radius 1 is 1.19 bits per heavy atom. The SMILES string of the molecule is CCN1Cc2cc(-c3cnc4[nH]cc(C)c4c3)cc([C@@H]3CCCN3)c2C1. The number of pyridine rings is 1. The van der Waals surface area contributed by atoms with E-state index < -0.39 is 0 Å². The lowest BCUT2D eigenvalue weighted by atomic mass is 9.91. The van der Waals surface area contributed by atoms with E-state index in [0.29, 0.717) is 6.04 Å². The lowest BCUT2D eigenvalue weighted by Gasteiger charge is -2.18. The van der Waals surface area contributed by atoms with Crippen molar-refractivity contribution < 1.29 is 0 Å². The summed E-state index contributed by atoms with van der Waals surface area (Å²) in [5.74, 6) is 0. The van der Waals surface area contributed by atoms with Gasteiger partial charge in [0.2, 0.25) is 0 Å². The van der Waals surface area contributed by atoms with Crippen LogP contribution in [0, 0.1) is 6.92 Å². The zero-order chi connectivity index (χ0) is 17.7. The number of fused-ring (bicyclic) bond motifs is 2. The first-order chi connectivity index (χ1) is 12.7. The topological polar surface area (TPSA) is 44.0 Å². The zero-order valence-corrected chi connectivity index (χ0v) is 15.6. The maximum atomic E-state index is 4.65. The summed E-state index contributed by atoms with van der Waals surface area (Å²) >= 11 is 0. The maximum Gasteiger partial charge on any atom is 0.137 e. The van der Waals surface area contributed by atoms with Crippen LogP contribution in [-0.4, -0.2) is 28.0 Å². The minimum absolute atomic E-state index is 0.506. The van der Waals surface area contributed by atoms with Gasteiger partial charge in [0, 0.05) is 42.5 Å². The molecule has 0 amide bonds. The Kier molecular flexibility index (Phi) is 3.84. The molecule has 0 radical (unpaired) electrons. The van der Waals surface area contributed by atoms with E-state index >= 15 is 0 Å². The highest BCUT2D eigenvalue weighted by Gasteiger charge is 2.27. The van der Waals surface area contributed by atoms with Crippen LogP contribution in [0.15, 0.2) is 30.6 Å². The molecule has 0 bridgehead atoms. The second-order valence-electron chi connectivity index (χ2n) is 7.75. The molecular formula is C22H26N4. The number of nitrogens with one attached hydrogen (secondary N) is 2. The molecule has 4 heteroatoms. The Bertz CT molecular complexity index is 966. The largest absolute Gasteiger partial charge is 0.346 e. The van der Waals surface area contributed by atoms with Gasteiger partial charge >= 0.3 is 0 Å². The molecule has 5 rings (SSSR count). The van der Waals surface area contributed by atoms with E-state index in [4.69, 9.17) is 0 Å². The summed E-state index contributed by atoms with van der Waals surface area (Å²) in [4.78, 5) is 10.4. The van der Waals surface area contributed by atoms with E-state index in [-0.39, 0.29) is 0 Å². The lowest BCUT2D eigenvalue weighted by Crippen LogP contribution is -2.17. The van der Waals surface area contributed by atoms with Gasteiger partial charge in [-0.05, 0) is 78.9 Å². The molecule has 1 atom stereocenters. The summed E-state index contributed by atoms with van der Waals surface area (Å²) in [6.07, 6.45) is 6.57. The third-order valence-corrected chi connectivity index (χ3v) is 6.11. The first-order valence-corrected chi connectivity index (χ1v) is 9.78. The van der Waals surface area contributed by atoms with Gasteiger partial charge in [0.15, 0.2) is 0 Å². The molecule has 2 aliphatic heterocycles. The Hall–Kier alpha value is -2.17. The minimum Gasteiger partial charge on any atom is -0.346 e. The van der Waals surface area contributed by atoms with E-state index in [1.807, 2.05) is 12.4 Å². The van der Waals surface area contributed by atoms with Crippen LogP contribution >= 0.6 is 0 Å². The molecule has 1 fully saturated rings. The Morgan fingerprint density at radius 3 is 2.92 bits per heavy atom. The monoisotopic (exact) mass is 346 g/mol. The maximum absolute atomic E-state index is 4.65. The Labute approximate surface area is 154 Å².